The van der Waals surface area contributed by atoms with Gasteiger partial charge in [0, 0.05) is 35.8 Å². The van der Waals surface area contributed by atoms with Crippen molar-refractivity contribution in [1.82, 2.24) is 4.90 Å². The average molecular weight is 501 g/mol. The molecule has 2 heterocycles. The minimum absolute atomic E-state index is 0.0729. The van der Waals surface area contributed by atoms with Gasteiger partial charge in [-0.15, -0.1) is 0 Å². The molecule has 2 aromatic carbocycles. The number of rotatable bonds is 8. The van der Waals surface area contributed by atoms with E-state index in [9.17, 15) is 14.7 Å². The molecular weight excluding hydrogens is 467 g/mol. The first-order chi connectivity index (χ1) is 16.6. The third-order valence-electron chi connectivity index (χ3n) is 7.24. The maximum Gasteiger partial charge on any atom is 0.261 e. The van der Waals surface area contributed by atoms with Crippen LogP contribution in [0.4, 0.5) is 9.80 Å². The number of carbonyl (C=O) groups excluding carboxylic acids is 2. The second-order valence-electron chi connectivity index (χ2n) is 9.87. The maximum atomic E-state index is 15.8. The Bertz CT molecular complexity index is 1090. The maximum absolute atomic E-state index is 15.8. The van der Waals surface area contributed by atoms with Gasteiger partial charge in [-0.05, 0) is 36.9 Å². The van der Waals surface area contributed by atoms with E-state index >= 15 is 4.11 Å². The number of nitrogens with zero attached hydrogens (tertiary/aromatic N) is 1. The number of hydrogen-bond donors (Lipinski definition) is 2. The lowest BCUT2D eigenvalue weighted by Gasteiger charge is -2.31. The number of benzene rings is 2. The Balaban J connectivity index is 1.66. The Hall–Kier alpha value is -2.75. The van der Waals surface area contributed by atoms with Gasteiger partial charge in [-0.3, -0.25) is 9.59 Å². The second-order valence-corrected chi connectivity index (χ2v) is 13.7. The first kappa shape index (κ1) is 25.3. The molecule has 1 spiro atoms. The smallest absolute Gasteiger partial charge is 0.261 e. The van der Waals surface area contributed by atoms with E-state index in [0.29, 0.717) is 23.5 Å². The molecule has 188 valence electrons. The molecule has 2 amide bonds. The van der Waals surface area contributed by atoms with E-state index in [4.69, 9.17) is 9.47 Å². The summed E-state index contributed by atoms with van der Waals surface area (Å²) in [5.74, 6) is -0.506. The van der Waals surface area contributed by atoms with Gasteiger partial charge in [-0.2, -0.15) is 0 Å². The number of fused-ring (bicyclic) bond motifs is 2. The van der Waals surface area contributed by atoms with Crippen molar-refractivity contribution in [2.24, 2.45) is 5.92 Å². The molecule has 7 nitrogen and oxygen atoms in total. The SMILES string of the molecule is COc1ccc2c(c1)[C@@]1(O[C@H](CC(=O)N(CCO)Cc3ccccc3)[C@@H]([Si](C)(C)F)[C@@H]1C)C(=O)N2. The van der Waals surface area contributed by atoms with Gasteiger partial charge >= 0.3 is 0 Å². The molecule has 35 heavy (non-hydrogen) atoms. The van der Waals surface area contributed by atoms with Gasteiger partial charge in [-0.1, -0.05) is 37.3 Å². The highest BCUT2D eigenvalue weighted by atomic mass is 28.4. The van der Waals surface area contributed by atoms with E-state index in [1.165, 1.54) is 0 Å². The Morgan fingerprint density at radius 2 is 1.97 bits per heavy atom. The molecule has 4 atom stereocenters. The fourth-order valence-electron chi connectivity index (χ4n) is 5.69. The topological polar surface area (TPSA) is 88.1 Å². The van der Waals surface area contributed by atoms with Crippen LogP contribution in [0.25, 0.3) is 0 Å². The van der Waals surface area contributed by atoms with Gasteiger partial charge in [0.05, 0.1) is 26.2 Å². The van der Waals surface area contributed by atoms with Crippen LogP contribution in [0.1, 0.15) is 24.5 Å². The highest BCUT2D eigenvalue weighted by Gasteiger charge is 2.65. The van der Waals surface area contributed by atoms with Crippen molar-refractivity contribution in [3.8, 4) is 5.75 Å². The van der Waals surface area contributed by atoms with Crippen LogP contribution in [0, 0.1) is 5.92 Å². The van der Waals surface area contributed by atoms with Gasteiger partial charge in [-0.25, -0.2) is 0 Å². The van der Waals surface area contributed by atoms with Crippen LogP contribution < -0.4 is 10.1 Å². The molecular formula is C26H33FN2O5Si. The highest BCUT2D eigenvalue weighted by molar-refractivity contribution is 6.72. The average Bonchev–Trinajstić information content (AvgIpc) is 3.27. The van der Waals surface area contributed by atoms with Crippen molar-refractivity contribution in [2.75, 3.05) is 25.6 Å². The number of hydrogen-bond acceptors (Lipinski definition) is 5. The van der Waals surface area contributed by atoms with Crippen LogP contribution >= 0.6 is 0 Å². The molecule has 0 bridgehead atoms. The standard InChI is InChI=1S/C26H33FN2O5Si/c1-17-24(35(3,4)27)22(15-23(31)29(12-13-30)16-18-8-6-5-7-9-18)34-26(17)20-14-19(33-2)10-11-21(20)28-25(26)32/h5-11,14,17,22,24,30H,12-13,15-16H2,1-4H3,(H,28,32)/t17-,22+,24-,26+/m0/s1. The van der Waals surface area contributed by atoms with Crippen LogP contribution in [0.3, 0.4) is 0 Å². The zero-order chi connectivity index (χ0) is 25.4. The summed E-state index contributed by atoms with van der Waals surface area (Å²) in [7, 11) is -1.82. The number of methoxy groups -OCH3 is 1. The van der Waals surface area contributed by atoms with Crippen molar-refractivity contribution in [3.63, 3.8) is 0 Å². The molecule has 2 aliphatic rings. The first-order valence-corrected chi connectivity index (χ1v) is 14.9. The van der Waals surface area contributed by atoms with Crippen molar-refractivity contribution in [3.05, 3.63) is 59.7 Å². The largest absolute Gasteiger partial charge is 0.497 e. The Morgan fingerprint density at radius 1 is 1.26 bits per heavy atom. The van der Waals surface area contributed by atoms with Crippen LogP contribution in [0.2, 0.25) is 18.6 Å². The van der Waals surface area contributed by atoms with Gasteiger partial charge in [0.15, 0.2) is 5.60 Å². The fourth-order valence-corrected chi connectivity index (χ4v) is 8.18. The molecule has 0 unspecified atom stereocenters. The third-order valence-corrected chi connectivity index (χ3v) is 9.69. The number of anilines is 1. The van der Waals surface area contributed by atoms with Crippen LogP contribution in [-0.2, 0) is 26.5 Å². The zero-order valence-corrected chi connectivity index (χ0v) is 21.6. The number of aliphatic hydroxyl groups excluding tert-OH is 1. The van der Waals surface area contributed by atoms with E-state index in [1.54, 1.807) is 43.3 Å². The summed E-state index contributed by atoms with van der Waals surface area (Å²) in [6.07, 6.45) is -0.847. The number of ether oxygens (including phenoxy) is 2. The lowest BCUT2D eigenvalue weighted by atomic mass is 9.82. The molecule has 0 aromatic heterocycles. The predicted molar refractivity (Wildman–Crippen MR) is 133 cm³/mol. The normalized spacial score (nSPS) is 25.4. The van der Waals surface area contributed by atoms with Crippen LogP contribution in [0.5, 0.6) is 5.75 Å². The van der Waals surface area contributed by atoms with Crippen molar-refractivity contribution < 1.29 is 28.3 Å². The molecule has 1 fully saturated rings. The Labute approximate surface area is 206 Å². The predicted octanol–water partition coefficient (Wildman–Crippen LogP) is 3.83. The number of amides is 2. The van der Waals surface area contributed by atoms with Gasteiger partial charge in [0.1, 0.15) is 5.75 Å². The number of nitrogens with one attached hydrogen (secondary N) is 1. The highest BCUT2D eigenvalue weighted by Crippen LogP contribution is 2.59. The molecule has 1 saturated heterocycles. The fraction of sp³-hybridized carbons (Fsp3) is 0.462. The van der Waals surface area contributed by atoms with Gasteiger partial charge in [0.25, 0.3) is 5.91 Å². The van der Waals surface area contributed by atoms with Crippen LogP contribution in [-0.4, -0.2) is 56.6 Å². The summed E-state index contributed by atoms with van der Waals surface area (Å²) in [5.41, 5.74) is 0.181. The summed E-state index contributed by atoms with van der Waals surface area (Å²) >= 11 is 0. The minimum atomic E-state index is -3.37. The lowest BCUT2D eigenvalue weighted by molar-refractivity contribution is -0.148. The van der Waals surface area contributed by atoms with E-state index in [-0.39, 0.29) is 31.4 Å². The van der Waals surface area contributed by atoms with Gasteiger partial charge in [0.2, 0.25) is 14.3 Å². The van der Waals surface area contributed by atoms with Crippen molar-refractivity contribution >= 4 is 25.9 Å². The third kappa shape index (κ3) is 4.60. The lowest BCUT2D eigenvalue weighted by Crippen LogP contribution is -2.42. The summed E-state index contributed by atoms with van der Waals surface area (Å²) in [4.78, 5) is 28.3. The summed E-state index contributed by atoms with van der Waals surface area (Å²) in [5, 5.41) is 12.4. The molecule has 2 aromatic rings. The molecule has 0 saturated carbocycles. The Morgan fingerprint density at radius 3 is 2.60 bits per heavy atom. The minimum Gasteiger partial charge on any atom is -0.497 e. The quantitative estimate of drug-likeness (QED) is 0.425. The number of halogens is 1. The zero-order valence-electron chi connectivity index (χ0n) is 20.6. The molecule has 0 aliphatic carbocycles. The number of carbonyl (C=O) groups is 2. The molecule has 2 N–H and O–H groups in total. The first-order valence-electron chi connectivity index (χ1n) is 11.9. The van der Waals surface area contributed by atoms with Crippen molar-refractivity contribution in [2.45, 2.75) is 50.2 Å². The summed E-state index contributed by atoms with van der Waals surface area (Å²) in [6.45, 7) is 5.34. The second kappa shape index (κ2) is 9.71. The molecule has 2 aliphatic heterocycles. The van der Waals surface area contributed by atoms with E-state index < -0.39 is 31.6 Å². The summed E-state index contributed by atoms with van der Waals surface area (Å²) in [6, 6.07) is 14.8. The van der Waals surface area contributed by atoms with E-state index in [2.05, 4.69) is 5.32 Å². The molecule has 9 heteroatoms. The monoisotopic (exact) mass is 500 g/mol. The molecule has 0 radical (unpaired) electrons. The number of aliphatic hydroxyl groups is 1. The Kier molecular flexibility index (Phi) is 7.03. The van der Waals surface area contributed by atoms with Crippen LogP contribution in [0.15, 0.2) is 48.5 Å². The summed E-state index contributed by atoms with van der Waals surface area (Å²) < 4.78 is 27.6. The van der Waals surface area contributed by atoms with E-state index in [1.807, 2.05) is 37.3 Å². The molecule has 4 rings (SSSR count). The van der Waals surface area contributed by atoms with E-state index in [0.717, 1.165) is 5.56 Å². The van der Waals surface area contributed by atoms with Crippen molar-refractivity contribution in [1.29, 1.82) is 0 Å². The van der Waals surface area contributed by atoms with Gasteiger partial charge < -0.3 is 28.9 Å².